The minimum atomic E-state index is -3.91. The zero-order chi connectivity index (χ0) is 30.1. The monoisotopic (exact) mass is 620 g/mol. The van der Waals surface area contributed by atoms with E-state index in [0.717, 1.165) is 0 Å². The molecule has 0 unspecified atom stereocenters. The molecule has 2 aliphatic rings. The number of ether oxygens (including phenoxy) is 2. The van der Waals surface area contributed by atoms with Crippen molar-refractivity contribution in [2.45, 2.75) is 61.5 Å². The Labute approximate surface area is 245 Å². The third-order valence-electron chi connectivity index (χ3n) is 8.12. The average molecular weight is 621 g/mol. The normalized spacial score (nSPS) is 18.5. The summed E-state index contributed by atoms with van der Waals surface area (Å²) in [5.74, 6) is 0. The second-order valence-electron chi connectivity index (χ2n) is 10.5. The summed E-state index contributed by atoms with van der Waals surface area (Å²) < 4.78 is 68.3. The molecule has 2 heterocycles. The van der Waals surface area contributed by atoms with Crippen molar-refractivity contribution in [2.24, 2.45) is 5.18 Å². The van der Waals surface area contributed by atoms with Crippen molar-refractivity contribution in [3.8, 4) is 0 Å². The number of fused-ring (bicyclic) bond motifs is 2. The first-order valence-corrected chi connectivity index (χ1v) is 17.0. The Morgan fingerprint density at radius 3 is 1.50 bits per heavy atom. The SMILES string of the molecule is CCOC1CCN(S(=O)(=O)c2ccc3c(NO)c4ccc(S(=O)(=O)N5CCC(OCC)CC5)cc4c(N=O)c3c2)CC1. The van der Waals surface area contributed by atoms with E-state index in [0.29, 0.717) is 75.8 Å². The van der Waals surface area contributed by atoms with Crippen LogP contribution in [-0.2, 0) is 29.5 Å². The van der Waals surface area contributed by atoms with Crippen LogP contribution in [0.25, 0.3) is 21.5 Å². The molecule has 2 N–H and O–H groups in total. The van der Waals surface area contributed by atoms with Gasteiger partial charge >= 0.3 is 0 Å². The van der Waals surface area contributed by atoms with Crippen molar-refractivity contribution in [3.05, 3.63) is 41.3 Å². The van der Waals surface area contributed by atoms with Gasteiger partial charge in [-0.25, -0.2) is 16.8 Å². The van der Waals surface area contributed by atoms with Gasteiger partial charge in [0.15, 0.2) is 0 Å². The summed E-state index contributed by atoms with van der Waals surface area (Å²) in [6.45, 7) is 6.13. The summed E-state index contributed by atoms with van der Waals surface area (Å²) in [6, 6.07) is 8.59. The van der Waals surface area contributed by atoms with Gasteiger partial charge in [-0.1, -0.05) is 12.1 Å². The molecule has 0 amide bonds. The number of benzene rings is 3. The third-order valence-corrected chi connectivity index (χ3v) is 11.9. The van der Waals surface area contributed by atoms with Gasteiger partial charge in [-0.3, -0.25) is 10.7 Å². The molecule has 0 spiro atoms. The van der Waals surface area contributed by atoms with Crippen LogP contribution in [0.1, 0.15) is 39.5 Å². The van der Waals surface area contributed by atoms with E-state index in [2.05, 4.69) is 10.7 Å². The molecule has 2 fully saturated rings. The fourth-order valence-corrected chi connectivity index (χ4v) is 8.95. The Kier molecular flexibility index (Phi) is 9.13. The van der Waals surface area contributed by atoms with Crippen molar-refractivity contribution in [1.82, 2.24) is 8.61 Å². The van der Waals surface area contributed by atoms with Gasteiger partial charge in [0, 0.05) is 60.9 Å². The quantitative estimate of drug-likeness (QED) is 0.188. The fraction of sp³-hybridized carbons (Fsp3) is 0.500. The molecule has 14 heteroatoms. The molecule has 0 atom stereocenters. The number of nitroso groups, excluding NO2 is 1. The largest absolute Gasteiger partial charge is 0.378 e. The molecule has 0 bridgehead atoms. The van der Waals surface area contributed by atoms with Gasteiger partial charge in [0.25, 0.3) is 0 Å². The van der Waals surface area contributed by atoms with Crippen LogP contribution >= 0.6 is 0 Å². The van der Waals surface area contributed by atoms with Crippen molar-refractivity contribution in [2.75, 3.05) is 44.9 Å². The van der Waals surface area contributed by atoms with Crippen LogP contribution in [0.4, 0.5) is 11.4 Å². The number of nitrogens with one attached hydrogen (secondary N) is 1. The molecular weight excluding hydrogens is 584 g/mol. The van der Waals surface area contributed by atoms with E-state index in [4.69, 9.17) is 9.47 Å². The smallest absolute Gasteiger partial charge is 0.243 e. The lowest BCUT2D eigenvalue weighted by Gasteiger charge is -2.31. The van der Waals surface area contributed by atoms with Gasteiger partial charge in [0.1, 0.15) is 5.69 Å². The predicted octanol–water partition coefficient (Wildman–Crippen LogP) is 4.57. The van der Waals surface area contributed by atoms with Crippen LogP contribution in [0.15, 0.2) is 51.4 Å². The van der Waals surface area contributed by atoms with Crippen LogP contribution in [0.5, 0.6) is 0 Å². The summed E-state index contributed by atoms with van der Waals surface area (Å²) in [6.07, 6.45) is 2.32. The van der Waals surface area contributed by atoms with E-state index >= 15 is 0 Å². The molecular formula is C28H36N4O8S2. The van der Waals surface area contributed by atoms with Gasteiger partial charge in [0.2, 0.25) is 20.0 Å². The standard InChI is InChI=1S/C28H36N4O8S2/c1-3-39-19-9-13-31(14-10-19)41(35,36)21-5-7-23-25(17-21)28(30-34)26-18-22(6-8-24(26)27(23)29-33)42(37,38)32-15-11-20(12-16-32)40-4-2/h5-8,17-20,29,33H,3-4,9-16H2,1-2H3. The van der Waals surface area contributed by atoms with Gasteiger partial charge in [-0.15, -0.1) is 4.91 Å². The molecule has 5 rings (SSSR count). The number of piperidine rings is 2. The van der Waals surface area contributed by atoms with Crippen LogP contribution in [0.2, 0.25) is 0 Å². The van der Waals surface area contributed by atoms with Crippen LogP contribution in [-0.4, -0.2) is 82.3 Å². The lowest BCUT2D eigenvalue weighted by molar-refractivity contribution is 0.0288. The van der Waals surface area contributed by atoms with E-state index < -0.39 is 20.0 Å². The lowest BCUT2D eigenvalue weighted by atomic mass is 9.99. The van der Waals surface area contributed by atoms with Crippen molar-refractivity contribution in [3.63, 3.8) is 0 Å². The molecule has 0 aliphatic carbocycles. The Hall–Kier alpha value is -2.72. The molecule has 0 saturated carbocycles. The first-order chi connectivity index (χ1) is 20.1. The maximum Gasteiger partial charge on any atom is 0.243 e. The molecule has 42 heavy (non-hydrogen) atoms. The van der Waals surface area contributed by atoms with Crippen LogP contribution < -0.4 is 5.48 Å². The number of sulfonamides is 2. The lowest BCUT2D eigenvalue weighted by Crippen LogP contribution is -2.40. The number of nitrogens with zero attached hydrogens (tertiary/aromatic N) is 3. The van der Waals surface area contributed by atoms with Gasteiger partial charge in [0.05, 0.1) is 27.7 Å². The molecule has 2 saturated heterocycles. The highest BCUT2D eigenvalue weighted by molar-refractivity contribution is 7.89. The maximum atomic E-state index is 13.6. The summed E-state index contributed by atoms with van der Waals surface area (Å²) >= 11 is 0. The Bertz CT molecular complexity index is 1560. The van der Waals surface area contributed by atoms with E-state index in [9.17, 15) is 26.9 Å². The number of hydrogen-bond acceptors (Lipinski definition) is 10. The first kappa shape index (κ1) is 30.7. The second kappa shape index (κ2) is 12.5. The summed E-state index contributed by atoms with van der Waals surface area (Å²) in [5, 5.41) is 14.4. The van der Waals surface area contributed by atoms with E-state index in [1.165, 1.54) is 45.0 Å². The Morgan fingerprint density at radius 2 is 1.17 bits per heavy atom. The zero-order valence-electron chi connectivity index (χ0n) is 23.7. The third kappa shape index (κ3) is 5.64. The van der Waals surface area contributed by atoms with E-state index in [1.54, 1.807) is 0 Å². The highest BCUT2D eigenvalue weighted by Crippen LogP contribution is 2.43. The summed E-state index contributed by atoms with van der Waals surface area (Å²) in [7, 11) is -7.81. The zero-order valence-corrected chi connectivity index (χ0v) is 25.3. The highest BCUT2D eigenvalue weighted by Gasteiger charge is 2.32. The minimum Gasteiger partial charge on any atom is -0.378 e. The van der Waals surface area contributed by atoms with Crippen LogP contribution in [0.3, 0.4) is 0 Å². The van der Waals surface area contributed by atoms with Crippen molar-refractivity contribution < 1.29 is 31.5 Å². The van der Waals surface area contributed by atoms with Gasteiger partial charge in [-0.2, -0.15) is 8.61 Å². The Morgan fingerprint density at radius 1 is 0.762 bits per heavy atom. The second-order valence-corrected chi connectivity index (χ2v) is 14.3. The number of hydrogen-bond donors (Lipinski definition) is 2. The van der Waals surface area contributed by atoms with Gasteiger partial charge < -0.3 is 9.47 Å². The fourth-order valence-electron chi connectivity index (χ4n) is 5.95. The molecule has 12 nitrogen and oxygen atoms in total. The van der Waals surface area contributed by atoms with Crippen molar-refractivity contribution >= 4 is 53.0 Å². The molecule has 3 aromatic rings. The molecule has 3 aromatic carbocycles. The molecule has 0 radical (unpaired) electrons. The topological polar surface area (TPSA) is 155 Å². The number of rotatable bonds is 10. The van der Waals surface area contributed by atoms with Crippen LogP contribution in [0, 0.1) is 4.91 Å². The molecule has 2 aliphatic heterocycles. The highest BCUT2D eigenvalue weighted by atomic mass is 32.2. The van der Waals surface area contributed by atoms with Gasteiger partial charge in [-0.05, 0) is 69.0 Å². The Balaban J connectivity index is 1.56. The summed E-state index contributed by atoms with van der Waals surface area (Å²) in [5.41, 5.74) is 2.24. The molecule has 0 aromatic heterocycles. The average Bonchev–Trinajstić information content (AvgIpc) is 3.00. The minimum absolute atomic E-state index is 0.00924. The van der Waals surface area contributed by atoms with Crippen molar-refractivity contribution in [1.29, 1.82) is 0 Å². The summed E-state index contributed by atoms with van der Waals surface area (Å²) in [4.78, 5) is 12.2. The maximum absolute atomic E-state index is 13.6. The number of anilines is 1. The predicted molar refractivity (Wildman–Crippen MR) is 159 cm³/mol. The first-order valence-electron chi connectivity index (χ1n) is 14.2. The molecule has 228 valence electrons. The van der Waals surface area contributed by atoms with E-state index in [-0.39, 0.29) is 44.1 Å². The van der Waals surface area contributed by atoms with E-state index in [1.807, 2.05) is 13.8 Å².